The summed E-state index contributed by atoms with van der Waals surface area (Å²) < 4.78 is 13.7. The number of carbonyl (C=O) groups excluding carboxylic acids is 1. The number of carboxylic acid groups (broad SMARTS) is 1. The van der Waals surface area contributed by atoms with Gasteiger partial charge in [-0.2, -0.15) is 0 Å². The number of carbonyl (C=O) groups is 2. The van der Waals surface area contributed by atoms with Crippen LogP contribution in [0.25, 0.3) is 0 Å². The molecular weight excluding hydrogens is 297 g/mol. The summed E-state index contributed by atoms with van der Waals surface area (Å²) in [6.07, 6.45) is 0. The number of aryl methyl sites for hydroxylation is 1. The molecule has 0 spiro atoms. The summed E-state index contributed by atoms with van der Waals surface area (Å²) in [6, 6.07) is 7.95. The van der Waals surface area contributed by atoms with E-state index in [1.54, 1.807) is 19.1 Å². The third kappa shape index (κ3) is 3.38. The van der Waals surface area contributed by atoms with E-state index in [1.807, 2.05) is 0 Å². The smallest absolute Gasteiger partial charge is 0.335 e. The number of carboxylic acids is 1. The van der Waals surface area contributed by atoms with Crippen LogP contribution in [0.15, 0.2) is 36.4 Å². The third-order valence-corrected chi connectivity index (χ3v) is 3.14. The van der Waals surface area contributed by atoms with Gasteiger partial charge in [0.05, 0.1) is 11.3 Å². The Morgan fingerprint density at radius 3 is 2.57 bits per heavy atom. The normalized spacial score (nSPS) is 10.2. The number of rotatable bonds is 3. The molecule has 0 unspecified atom stereocenters. The van der Waals surface area contributed by atoms with Crippen LogP contribution in [0.2, 0.25) is 5.02 Å². The first kappa shape index (κ1) is 15.0. The second kappa shape index (κ2) is 5.93. The van der Waals surface area contributed by atoms with Gasteiger partial charge in [0.1, 0.15) is 5.82 Å². The van der Waals surface area contributed by atoms with Crippen LogP contribution in [0.5, 0.6) is 0 Å². The van der Waals surface area contributed by atoms with Crippen LogP contribution in [0.3, 0.4) is 0 Å². The first-order chi connectivity index (χ1) is 9.88. The predicted octanol–water partition coefficient (Wildman–Crippen LogP) is 3.74. The molecule has 4 nitrogen and oxygen atoms in total. The zero-order valence-corrected chi connectivity index (χ0v) is 11.7. The largest absolute Gasteiger partial charge is 0.478 e. The minimum absolute atomic E-state index is 0.116. The minimum Gasteiger partial charge on any atom is -0.478 e. The molecule has 0 aliphatic carbocycles. The molecule has 2 rings (SSSR count). The number of aromatic carboxylic acids is 1. The highest BCUT2D eigenvalue weighted by Crippen LogP contribution is 2.20. The number of hydrogen-bond donors (Lipinski definition) is 2. The van der Waals surface area contributed by atoms with Crippen molar-refractivity contribution in [2.45, 2.75) is 6.92 Å². The number of amides is 1. The third-order valence-electron chi connectivity index (χ3n) is 2.91. The number of benzene rings is 2. The molecule has 21 heavy (non-hydrogen) atoms. The zero-order chi connectivity index (χ0) is 15.6. The van der Waals surface area contributed by atoms with Crippen molar-refractivity contribution in [3.63, 3.8) is 0 Å². The highest BCUT2D eigenvalue weighted by Gasteiger charge is 2.14. The van der Waals surface area contributed by atoms with E-state index in [4.69, 9.17) is 16.7 Å². The van der Waals surface area contributed by atoms with Gasteiger partial charge in [0.2, 0.25) is 0 Å². The molecule has 108 valence electrons. The van der Waals surface area contributed by atoms with Gasteiger partial charge in [0, 0.05) is 10.6 Å². The summed E-state index contributed by atoms with van der Waals surface area (Å²) in [5.41, 5.74) is 0.656. The van der Waals surface area contributed by atoms with Gasteiger partial charge in [0.15, 0.2) is 0 Å². The quantitative estimate of drug-likeness (QED) is 0.907. The van der Waals surface area contributed by atoms with Crippen molar-refractivity contribution >= 4 is 29.2 Å². The second-order valence-corrected chi connectivity index (χ2v) is 4.85. The van der Waals surface area contributed by atoms with Crippen LogP contribution in [0.4, 0.5) is 10.1 Å². The predicted molar refractivity (Wildman–Crippen MR) is 77.5 cm³/mol. The topological polar surface area (TPSA) is 66.4 Å². The van der Waals surface area contributed by atoms with Gasteiger partial charge in [-0.15, -0.1) is 0 Å². The van der Waals surface area contributed by atoms with Crippen LogP contribution in [-0.2, 0) is 0 Å². The van der Waals surface area contributed by atoms with E-state index >= 15 is 0 Å². The molecule has 1 amide bonds. The average Bonchev–Trinajstić information content (AvgIpc) is 2.43. The summed E-state index contributed by atoms with van der Waals surface area (Å²) in [5, 5.41) is 11.6. The number of nitrogens with one attached hydrogen (secondary N) is 1. The maximum absolute atomic E-state index is 13.7. The van der Waals surface area contributed by atoms with Crippen LogP contribution in [0.1, 0.15) is 26.3 Å². The van der Waals surface area contributed by atoms with Gasteiger partial charge in [-0.1, -0.05) is 17.7 Å². The molecule has 0 fully saturated rings. The molecule has 2 aromatic carbocycles. The highest BCUT2D eigenvalue weighted by atomic mass is 35.5. The Hall–Kier alpha value is -2.40. The number of anilines is 1. The Morgan fingerprint density at radius 2 is 1.90 bits per heavy atom. The molecular formula is C15H11ClFNO3. The van der Waals surface area contributed by atoms with Crippen LogP contribution in [0, 0.1) is 12.7 Å². The van der Waals surface area contributed by atoms with Crippen molar-refractivity contribution in [3.05, 3.63) is 63.9 Å². The summed E-state index contributed by atoms with van der Waals surface area (Å²) in [6.45, 7) is 1.72. The van der Waals surface area contributed by atoms with E-state index in [0.717, 1.165) is 18.2 Å². The highest BCUT2D eigenvalue weighted by molar-refractivity contribution is 6.31. The second-order valence-electron chi connectivity index (χ2n) is 4.41. The molecule has 0 aliphatic heterocycles. The fourth-order valence-electron chi connectivity index (χ4n) is 1.78. The number of halogens is 2. The van der Waals surface area contributed by atoms with Crippen molar-refractivity contribution < 1.29 is 19.1 Å². The lowest BCUT2D eigenvalue weighted by molar-refractivity contribution is 0.0696. The molecule has 0 saturated heterocycles. The van der Waals surface area contributed by atoms with Crippen molar-refractivity contribution in [2.75, 3.05) is 5.32 Å². The monoisotopic (exact) mass is 307 g/mol. The van der Waals surface area contributed by atoms with E-state index in [1.165, 1.54) is 6.07 Å². The van der Waals surface area contributed by atoms with Gasteiger partial charge >= 0.3 is 5.97 Å². The lowest BCUT2D eigenvalue weighted by Gasteiger charge is -2.09. The van der Waals surface area contributed by atoms with Gasteiger partial charge in [-0.05, 0) is 42.8 Å². The Bertz CT molecular complexity index is 731. The standard InChI is InChI=1S/C15H11ClFNO3/c1-8-2-4-10(16)7-11(8)14(19)18-13-6-9(15(20)21)3-5-12(13)17/h2-7H,1H3,(H,18,19)(H,20,21). The molecule has 0 heterocycles. The van der Waals surface area contributed by atoms with Gasteiger partial charge in [-0.3, -0.25) is 4.79 Å². The summed E-state index contributed by atoms with van der Waals surface area (Å²) in [7, 11) is 0. The summed E-state index contributed by atoms with van der Waals surface area (Å²) in [4.78, 5) is 23.0. The molecule has 0 saturated carbocycles. The molecule has 6 heteroatoms. The molecule has 0 bridgehead atoms. The SMILES string of the molecule is Cc1ccc(Cl)cc1C(=O)Nc1cc(C(=O)O)ccc1F. The van der Waals surface area contributed by atoms with E-state index in [9.17, 15) is 14.0 Å². The van der Waals surface area contributed by atoms with E-state index in [0.29, 0.717) is 16.1 Å². The fourth-order valence-corrected chi connectivity index (χ4v) is 1.95. The van der Waals surface area contributed by atoms with Crippen LogP contribution < -0.4 is 5.32 Å². The maximum Gasteiger partial charge on any atom is 0.335 e. The van der Waals surface area contributed by atoms with Gasteiger partial charge in [0.25, 0.3) is 5.91 Å². The molecule has 0 atom stereocenters. The Kier molecular flexibility index (Phi) is 4.23. The van der Waals surface area contributed by atoms with Crippen molar-refractivity contribution in [2.24, 2.45) is 0 Å². The minimum atomic E-state index is -1.20. The van der Waals surface area contributed by atoms with E-state index in [2.05, 4.69) is 5.32 Å². The van der Waals surface area contributed by atoms with Crippen LogP contribution in [-0.4, -0.2) is 17.0 Å². The Balaban J connectivity index is 2.33. The zero-order valence-electron chi connectivity index (χ0n) is 11.0. The first-order valence-corrected chi connectivity index (χ1v) is 6.36. The van der Waals surface area contributed by atoms with Gasteiger partial charge in [-0.25, -0.2) is 9.18 Å². The molecule has 0 aromatic heterocycles. The van der Waals surface area contributed by atoms with Crippen molar-refractivity contribution in [1.29, 1.82) is 0 Å². The lowest BCUT2D eigenvalue weighted by Crippen LogP contribution is -2.15. The number of hydrogen-bond acceptors (Lipinski definition) is 2. The lowest BCUT2D eigenvalue weighted by atomic mass is 10.1. The van der Waals surface area contributed by atoms with Crippen molar-refractivity contribution in [1.82, 2.24) is 0 Å². The maximum atomic E-state index is 13.7. The fraction of sp³-hybridized carbons (Fsp3) is 0.0667. The molecule has 0 radical (unpaired) electrons. The van der Waals surface area contributed by atoms with Crippen molar-refractivity contribution in [3.8, 4) is 0 Å². The molecule has 2 aromatic rings. The van der Waals surface area contributed by atoms with E-state index in [-0.39, 0.29) is 11.3 Å². The Morgan fingerprint density at radius 1 is 1.19 bits per heavy atom. The Labute approximate surface area is 125 Å². The molecule has 0 aliphatic rings. The van der Waals surface area contributed by atoms with E-state index < -0.39 is 17.7 Å². The summed E-state index contributed by atoms with van der Waals surface area (Å²) >= 11 is 5.83. The first-order valence-electron chi connectivity index (χ1n) is 5.99. The molecule has 2 N–H and O–H groups in total. The average molecular weight is 308 g/mol. The summed E-state index contributed by atoms with van der Waals surface area (Å²) in [5.74, 6) is -2.48. The van der Waals surface area contributed by atoms with Crippen LogP contribution >= 0.6 is 11.6 Å². The van der Waals surface area contributed by atoms with Gasteiger partial charge < -0.3 is 10.4 Å².